The second-order valence-corrected chi connectivity index (χ2v) is 5.29. The number of amides is 2. The number of anilines is 1. The summed E-state index contributed by atoms with van der Waals surface area (Å²) in [4.78, 5) is 24.2. The minimum absolute atomic E-state index is 0.0327. The zero-order valence-corrected chi connectivity index (χ0v) is 12.5. The Hall–Kier alpha value is -2.77. The maximum Gasteiger partial charge on any atom is 0.228 e. The maximum absolute atomic E-state index is 13.3. The van der Waals surface area contributed by atoms with Crippen molar-refractivity contribution in [2.24, 2.45) is 0 Å². The van der Waals surface area contributed by atoms with Gasteiger partial charge in [-0.2, -0.15) is 0 Å². The highest BCUT2D eigenvalue weighted by molar-refractivity contribution is 6.01. The highest BCUT2D eigenvalue weighted by atomic mass is 19.1. The van der Waals surface area contributed by atoms with E-state index in [4.69, 9.17) is 0 Å². The van der Waals surface area contributed by atoms with Crippen LogP contribution in [-0.2, 0) is 22.7 Å². The summed E-state index contributed by atoms with van der Waals surface area (Å²) in [7, 11) is 0. The summed E-state index contributed by atoms with van der Waals surface area (Å²) in [5, 5.41) is 13.1. The minimum atomic E-state index is -0.641. The van der Waals surface area contributed by atoms with Gasteiger partial charge in [0.2, 0.25) is 11.8 Å². The van der Waals surface area contributed by atoms with Gasteiger partial charge in [0.05, 0.1) is 12.5 Å². The molecule has 2 amide bonds. The van der Waals surface area contributed by atoms with Gasteiger partial charge in [-0.15, -0.1) is 10.2 Å². The number of hydrogen-bond acceptors (Lipinski definition) is 4. The van der Waals surface area contributed by atoms with Gasteiger partial charge >= 0.3 is 0 Å². The normalized spacial score (nSPS) is 16.6. The Morgan fingerprint density at radius 3 is 3.13 bits per heavy atom. The first kappa shape index (κ1) is 15.1. The van der Waals surface area contributed by atoms with Crippen molar-refractivity contribution in [1.82, 2.24) is 20.1 Å². The Morgan fingerprint density at radius 2 is 2.35 bits per heavy atom. The van der Waals surface area contributed by atoms with Crippen LogP contribution in [-0.4, -0.2) is 26.6 Å². The number of nitrogens with zero attached hydrogens (tertiary/aromatic N) is 3. The summed E-state index contributed by atoms with van der Waals surface area (Å²) in [6.45, 7) is 2.87. The predicted octanol–water partition coefficient (Wildman–Crippen LogP) is 1.18. The average Bonchev–Trinajstić information content (AvgIpc) is 2.98. The van der Waals surface area contributed by atoms with E-state index in [2.05, 4.69) is 20.8 Å². The fourth-order valence-electron chi connectivity index (χ4n) is 2.64. The lowest BCUT2D eigenvalue weighted by Crippen LogP contribution is -2.35. The van der Waals surface area contributed by atoms with Crippen LogP contribution >= 0.6 is 0 Å². The molecular weight excluding hydrogens is 301 g/mol. The molecule has 1 aliphatic rings. The Labute approximate surface area is 131 Å². The van der Waals surface area contributed by atoms with E-state index in [0.717, 1.165) is 0 Å². The van der Waals surface area contributed by atoms with Crippen LogP contribution in [0.1, 0.15) is 30.7 Å². The molecule has 8 heteroatoms. The molecule has 0 aliphatic carbocycles. The number of nitrogens with one attached hydrogen (secondary N) is 2. The molecule has 23 heavy (non-hydrogen) atoms. The average molecular weight is 317 g/mol. The Morgan fingerprint density at radius 1 is 1.52 bits per heavy atom. The maximum atomic E-state index is 13.3. The first-order chi connectivity index (χ1) is 11.1. The van der Waals surface area contributed by atoms with Gasteiger partial charge in [-0.05, 0) is 24.6 Å². The summed E-state index contributed by atoms with van der Waals surface area (Å²) >= 11 is 0. The molecule has 2 aromatic rings. The smallest absolute Gasteiger partial charge is 0.228 e. The van der Waals surface area contributed by atoms with Crippen molar-refractivity contribution in [1.29, 1.82) is 0 Å². The van der Waals surface area contributed by atoms with Gasteiger partial charge in [-0.3, -0.25) is 9.59 Å². The summed E-state index contributed by atoms with van der Waals surface area (Å²) in [6.07, 6.45) is 1.62. The molecule has 1 atom stereocenters. The van der Waals surface area contributed by atoms with Gasteiger partial charge in [0, 0.05) is 18.7 Å². The lowest BCUT2D eigenvalue weighted by molar-refractivity contribution is -0.126. The first-order valence-electron chi connectivity index (χ1n) is 7.32. The van der Waals surface area contributed by atoms with Crippen LogP contribution < -0.4 is 10.6 Å². The van der Waals surface area contributed by atoms with Crippen molar-refractivity contribution in [3.05, 3.63) is 41.7 Å². The number of rotatable bonds is 4. The quantitative estimate of drug-likeness (QED) is 0.886. The van der Waals surface area contributed by atoms with Crippen molar-refractivity contribution in [3.63, 3.8) is 0 Å². The molecule has 0 fully saturated rings. The Balaban J connectivity index is 1.76. The van der Waals surface area contributed by atoms with E-state index in [1.807, 2.05) is 11.5 Å². The molecule has 0 radical (unpaired) electrons. The fraction of sp³-hybridized carbons (Fsp3) is 0.333. The monoisotopic (exact) mass is 317 g/mol. The number of carbonyl (C=O) groups excluding carboxylic acids is 2. The van der Waals surface area contributed by atoms with E-state index in [1.165, 1.54) is 18.2 Å². The first-order valence-corrected chi connectivity index (χ1v) is 7.32. The molecule has 1 unspecified atom stereocenters. The molecule has 1 aliphatic heterocycles. The van der Waals surface area contributed by atoms with Crippen LogP contribution in [0.4, 0.5) is 10.1 Å². The van der Waals surface area contributed by atoms with E-state index < -0.39 is 11.7 Å². The summed E-state index contributed by atoms with van der Waals surface area (Å²) in [5.41, 5.74) is 0.957. The number of aromatic nitrogens is 3. The molecule has 0 spiro atoms. The largest absolute Gasteiger partial charge is 0.348 e. The SMILES string of the molecule is CCn1cnnc1CNC(=O)C1CC(=O)Nc2cc(F)ccc21. The number of fused-ring (bicyclic) bond motifs is 1. The molecule has 0 bridgehead atoms. The van der Waals surface area contributed by atoms with Gasteiger partial charge in [0.1, 0.15) is 12.1 Å². The van der Waals surface area contributed by atoms with Crippen molar-refractivity contribution in [3.8, 4) is 0 Å². The van der Waals surface area contributed by atoms with E-state index in [-0.39, 0.29) is 24.8 Å². The molecule has 1 aromatic heterocycles. The molecule has 7 nitrogen and oxygen atoms in total. The molecule has 0 saturated heterocycles. The van der Waals surface area contributed by atoms with E-state index in [1.54, 1.807) is 6.33 Å². The lowest BCUT2D eigenvalue weighted by atomic mass is 9.89. The zero-order chi connectivity index (χ0) is 16.4. The predicted molar refractivity (Wildman–Crippen MR) is 79.9 cm³/mol. The van der Waals surface area contributed by atoms with Crippen molar-refractivity contribution >= 4 is 17.5 Å². The van der Waals surface area contributed by atoms with Crippen molar-refractivity contribution < 1.29 is 14.0 Å². The third-order valence-electron chi connectivity index (χ3n) is 3.83. The molecule has 2 heterocycles. The Bertz CT molecular complexity index is 758. The van der Waals surface area contributed by atoms with Gasteiger partial charge in [-0.25, -0.2) is 4.39 Å². The van der Waals surface area contributed by atoms with Crippen molar-refractivity contribution in [2.75, 3.05) is 5.32 Å². The van der Waals surface area contributed by atoms with Crippen LogP contribution in [0.15, 0.2) is 24.5 Å². The highest BCUT2D eigenvalue weighted by Crippen LogP contribution is 2.32. The summed E-state index contributed by atoms with van der Waals surface area (Å²) in [5.74, 6) is -1.06. The standard InChI is InChI=1S/C15H16FN5O2/c1-2-21-8-18-20-13(21)7-17-15(23)11-6-14(22)19-12-5-9(16)3-4-10(11)12/h3-5,8,11H,2,6-7H2,1H3,(H,17,23)(H,19,22). The topological polar surface area (TPSA) is 88.9 Å². The van der Waals surface area contributed by atoms with E-state index in [0.29, 0.717) is 23.6 Å². The Kier molecular flexibility index (Phi) is 4.05. The lowest BCUT2D eigenvalue weighted by Gasteiger charge is -2.24. The number of aryl methyl sites for hydroxylation is 1. The van der Waals surface area contributed by atoms with E-state index in [9.17, 15) is 14.0 Å². The third-order valence-corrected chi connectivity index (χ3v) is 3.83. The summed E-state index contributed by atoms with van der Waals surface area (Å²) < 4.78 is 15.1. The van der Waals surface area contributed by atoms with Crippen LogP contribution in [0, 0.1) is 5.82 Å². The molecule has 0 saturated carbocycles. The van der Waals surface area contributed by atoms with Crippen molar-refractivity contribution in [2.45, 2.75) is 32.4 Å². The number of benzene rings is 1. The number of hydrogen-bond donors (Lipinski definition) is 2. The van der Waals surface area contributed by atoms with Crippen LogP contribution in [0.25, 0.3) is 0 Å². The zero-order valence-electron chi connectivity index (χ0n) is 12.5. The van der Waals surface area contributed by atoms with Crippen LogP contribution in [0.5, 0.6) is 0 Å². The highest BCUT2D eigenvalue weighted by Gasteiger charge is 2.30. The molecule has 2 N–H and O–H groups in total. The van der Waals surface area contributed by atoms with Crippen LogP contribution in [0.2, 0.25) is 0 Å². The third kappa shape index (κ3) is 3.05. The second-order valence-electron chi connectivity index (χ2n) is 5.29. The van der Waals surface area contributed by atoms with Gasteiger partial charge in [0.25, 0.3) is 0 Å². The minimum Gasteiger partial charge on any atom is -0.348 e. The van der Waals surface area contributed by atoms with Gasteiger partial charge in [0.15, 0.2) is 5.82 Å². The number of carbonyl (C=O) groups is 2. The van der Waals surface area contributed by atoms with Gasteiger partial charge in [-0.1, -0.05) is 6.07 Å². The van der Waals surface area contributed by atoms with E-state index >= 15 is 0 Å². The summed E-state index contributed by atoms with van der Waals surface area (Å²) in [6, 6.07) is 4.04. The van der Waals surface area contributed by atoms with Crippen LogP contribution in [0.3, 0.4) is 0 Å². The number of halogens is 1. The fourth-order valence-corrected chi connectivity index (χ4v) is 2.64. The second kappa shape index (κ2) is 6.15. The molecule has 1 aromatic carbocycles. The van der Waals surface area contributed by atoms with Gasteiger partial charge < -0.3 is 15.2 Å². The molecule has 120 valence electrons. The molecule has 3 rings (SSSR count). The molecular formula is C15H16FN5O2.